The predicted octanol–water partition coefficient (Wildman–Crippen LogP) is -0.945. The summed E-state index contributed by atoms with van der Waals surface area (Å²) in [4.78, 5) is 25.9. The van der Waals surface area contributed by atoms with Crippen LogP contribution in [0.1, 0.15) is 12.7 Å². The number of amides is 2. The number of carboxylic acids is 1. The molecule has 0 spiro atoms. The van der Waals surface area contributed by atoms with Crippen molar-refractivity contribution < 1.29 is 19.8 Å². The molecule has 100 valence electrons. The Morgan fingerprint density at radius 2 is 2.17 bits per heavy atom. The van der Waals surface area contributed by atoms with Crippen molar-refractivity contribution in [3.8, 4) is 0 Å². The van der Waals surface area contributed by atoms with Gasteiger partial charge in [0.05, 0.1) is 13.1 Å². The van der Waals surface area contributed by atoms with E-state index in [2.05, 4.69) is 15.6 Å². The maximum Gasteiger partial charge on any atom is 0.337 e. The highest BCUT2D eigenvalue weighted by molar-refractivity contribution is 5.79. The Balaban J connectivity index is 2.35. The Morgan fingerprint density at radius 1 is 1.50 bits per heavy atom. The quantitative estimate of drug-likeness (QED) is 0.542. The van der Waals surface area contributed by atoms with E-state index < -0.39 is 17.6 Å². The van der Waals surface area contributed by atoms with Crippen LogP contribution in [-0.2, 0) is 18.4 Å². The highest BCUT2D eigenvalue weighted by atomic mass is 16.4. The van der Waals surface area contributed by atoms with Crippen molar-refractivity contribution in [2.75, 3.05) is 6.54 Å². The highest BCUT2D eigenvalue weighted by Crippen LogP contribution is 2.00. The first kappa shape index (κ1) is 14.0. The number of aromatic nitrogens is 2. The van der Waals surface area contributed by atoms with Crippen molar-refractivity contribution in [2.45, 2.75) is 19.1 Å². The fraction of sp³-hybridized carbons (Fsp3) is 0.500. The van der Waals surface area contributed by atoms with Gasteiger partial charge >= 0.3 is 12.0 Å². The van der Waals surface area contributed by atoms with Gasteiger partial charge in [0.2, 0.25) is 0 Å². The molecule has 0 aliphatic rings. The average molecular weight is 256 g/mol. The molecular weight excluding hydrogens is 240 g/mol. The van der Waals surface area contributed by atoms with Crippen molar-refractivity contribution in [1.82, 2.24) is 20.2 Å². The zero-order valence-corrected chi connectivity index (χ0v) is 10.2. The third-order valence-electron chi connectivity index (χ3n) is 2.38. The summed E-state index contributed by atoms with van der Waals surface area (Å²) in [5.74, 6) is -0.734. The van der Waals surface area contributed by atoms with E-state index in [4.69, 9.17) is 5.11 Å². The zero-order valence-electron chi connectivity index (χ0n) is 10.2. The summed E-state index contributed by atoms with van der Waals surface area (Å²) < 4.78 is 1.74. The summed E-state index contributed by atoms with van der Waals surface area (Å²) in [5.41, 5.74) is -1.99. The van der Waals surface area contributed by atoms with Crippen molar-refractivity contribution in [3.63, 3.8) is 0 Å². The third kappa shape index (κ3) is 3.74. The van der Waals surface area contributed by atoms with Crippen molar-refractivity contribution >= 4 is 12.0 Å². The van der Waals surface area contributed by atoms with Crippen LogP contribution in [0.15, 0.2) is 12.4 Å². The first-order valence-corrected chi connectivity index (χ1v) is 5.26. The molecular formula is C10H16N4O4. The summed E-state index contributed by atoms with van der Waals surface area (Å²) in [5, 5.41) is 22.8. The number of aliphatic carboxylic acids is 1. The molecule has 0 saturated heterocycles. The number of aryl methyl sites for hydroxylation is 1. The van der Waals surface area contributed by atoms with E-state index in [9.17, 15) is 14.7 Å². The predicted molar refractivity (Wildman–Crippen MR) is 61.7 cm³/mol. The molecule has 0 aliphatic heterocycles. The van der Waals surface area contributed by atoms with Crippen molar-refractivity contribution in [1.29, 1.82) is 0 Å². The molecule has 2 amide bonds. The minimum atomic E-state index is -1.99. The van der Waals surface area contributed by atoms with E-state index in [0.717, 1.165) is 6.92 Å². The number of carbonyl (C=O) groups is 2. The number of nitrogens with zero attached hydrogens (tertiary/aromatic N) is 2. The lowest BCUT2D eigenvalue weighted by Crippen LogP contribution is -2.49. The molecule has 1 heterocycles. The van der Waals surface area contributed by atoms with Crippen LogP contribution in [0.5, 0.6) is 0 Å². The second-order valence-corrected chi connectivity index (χ2v) is 4.07. The lowest BCUT2D eigenvalue weighted by Gasteiger charge is -2.18. The van der Waals surface area contributed by atoms with Crippen LogP contribution < -0.4 is 10.6 Å². The fourth-order valence-electron chi connectivity index (χ4n) is 1.12. The number of rotatable bonds is 5. The maximum absolute atomic E-state index is 11.4. The normalized spacial score (nSPS) is 13.7. The molecule has 1 unspecified atom stereocenters. The number of aliphatic hydroxyl groups is 1. The van der Waals surface area contributed by atoms with Crippen LogP contribution in [0.3, 0.4) is 0 Å². The van der Waals surface area contributed by atoms with Crippen LogP contribution in [0, 0.1) is 0 Å². The van der Waals surface area contributed by atoms with E-state index in [1.807, 2.05) is 0 Å². The number of carboxylic acid groups (broad SMARTS) is 1. The van der Waals surface area contributed by atoms with Crippen LogP contribution in [0.25, 0.3) is 0 Å². The second kappa shape index (κ2) is 5.50. The summed E-state index contributed by atoms with van der Waals surface area (Å²) in [6.07, 6.45) is 3.34. The fourth-order valence-corrected chi connectivity index (χ4v) is 1.12. The zero-order chi connectivity index (χ0) is 13.8. The molecule has 0 fully saturated rings. The number of urea groups is 1. The molecule has 4 N–H and O–H groups in total. The number of hydrogen-bond acceptors (Lipinski definition) is 4. The van der Waals surface area contributed by atoms with Crippen molar-refractivity contribution in [3.05, 3.63) is 18.2 Å². The van der Waals surface area contributed by atoms with Crippen LogP contribution >= 0.6 is 0 Å². The topological polar surface area (TPSA) is 116 Å². The first-order valence-electron chi connectivity index (χ1n) is 5.26. The molecule has 1 aromatic rings. The Hall–Kier alpha value is -2.09. The van der Waals surface area contributed by atoms with Gasteiger partial charge in [0.25, 0.3) is 0 Å². The molecule has 1 rings (SSSR count). The van der Waals surface area contributed by atoms with Crippen LogP contribution in [0.2, 0.25) is 0 Å². The number of nitrogens with one attached hydrogen (secondary N) is 2. The van der Waals surface area contributed by atoms with Gasteiger partial charge in [-0.05, 0) is 6.92 Å². The van der Waals surface area contributed by atoms with Crippen LogP contribution in [-0.4, -0.2) is 43.9 Å². The number of hydrogen-bond donors (Lipinski definition) is 4. The van der Waals surface area contributed by atoms with E-state index in [1.165, 1.54) is 0 Å². The molecule has 8 nitrogen and oxygen atoms in total. The van der Waals surface area contributed by atoms with Crippen molar-refractivity contribution in [2.24, 2.45) is 7.05 Å². The summed E-state index contributed by atoms with van der Waals surface area (Å²) in [7, 11) is 1.79. The second-order valence-electron chi connectivity index (χ2n) is 4.07. The van der Waals surface area contributed by atoms with Gasteiger partial charge in [-0.25, -0.2) is 14.6 Å². The van der Waals surface area contributed by atoms with Gasteiger partial charge in [-0.3, -0.25) is 0 Å². The molecule has 0 aromatic carbocycles. The minimum absolute atomic E-state index is 0.213. The standard InChI is InChI=1S/C10H16N4O4/c1-10(18,8(15)16)6-13-9(17)12-5-7-11-3-4-14(7)2/h3-4,18H,5-6H2,1-2H3,(H,15,16)(H2,12,13,17). The third-order valence-corrected chi connectivity index (χ3v) is 2.38. The van der Waals surface area contributed by atoms with Crippen LogP contribution in [0.4, 0.5) is 4.79 Å². The van der Waals surface area contributed by atoms with E-state index in [0.29, 0.717) is 5.82 Å². The maximum atomic E-state index is 11.4. The highest BCUT2D eigenvalue weighted by Gasteiger charge is 2.30. The largest absolute Gasteiger partial charge is 0.479 e. The smallest absolute Gasteiger partial charge is 0.337 e. The minimum Gasteiger partial charge on any atom is -0.479 e. The van der Waals surface area contributed by atoms with Gasteiger partial charge in [0.1, 0.15) is 5.82 Å². The monoisotopic (exact) mass is 256 g/mol. The number of carbonyl (C=O) groups excluding carboxylic acids is 1. The Kier molecular flexibility index (Phi) is 4.27. The molecule has 8 heteroatoms. The molecule has 0 radical (unpaired) electrons. The molecule has 18 heavy (non-hydrogen) atoms. The first-order chi connectivity index (χ1) is 8.33. The van der Waals surface area contributed by atoms with Gasteiger partial charge < -0.3 is 25.4 Å². The molecule has 0 aliphatic carbocycles. The van der Waals surface area contributed by atoms with Gasteiger partial charge in [-0.1, -0.05) is 0 Å². The van der Waals surface area contributed by atoms with E-state index >= 15 is 0 Å². The lowest BCUT2D eigenvalue weighted by molar-refractivity contribution is -0.155. The molecule has 0 bridgehead atoms. The summed E-state index contributed by atoms with van der Waals surface area (Å²) in [6, 6.07) is -0.570. The number of imidazole rings is 1. The lowest BCUT2D eigenvalue weighted by atomic mass is 10.1. The summed E-state index contributed by atoms with van der Waals surface area (Å²) in [6.45, 7) is 0.938. The SMILES string of the molecule is Cn1ccnc1CNC(=O)NCC(C)(O)C(=O)O. The average Bonchev–Trinajstić information content (AvgIpc) is 2.69. The molecule has 1 aromatic heterocycles. The molecule has 0 saturated carbocycles. The molecule has 1 atom stereocenters. The van der Waals surface area contributed by atoms with Gasteiger partial charge in [0, 0.05) is 19.4 Å². The Labute approximate surface area is 104 Å². The van der Waals surface area contributed by atoms with E-state index in [-0.39, 0.29) is 13.1 Å². The Bertz CT molecular complexity index is 441. The van der Waals surface area contributed by atoms with E-state index in [1.54, 1.807) is 24.0 Å². The summed E-state index contributed by atoms with van der Waals surface area (Å²) >= 11 is 0. The van der Waals surface area contributed by atoms with Gasteiger partial charge in [0.15, 0.2) is 5.60 Å². The van der Waals surface area contributed by atoms with Gasteiger partial charge in [-0.2, -0.15) is 0 Å². The van der Waals surface area contributed by atoms with Gasteiger partial charge in [-0.15, -0.1) is 0 Å². The Morgan fingerprint density at radius 3 is 2.67 bits per heavy atom.